The predicted molar refractivity (Wildman–Crippen MR) is 150 cm³/mol. The molecule has 2 aromatic heterocycles. The molecule has 5 aromatic rings. The maximum Gasteiger partial charge on any atom is 0.247 e. The van der Waals surface area contributed by atoms with Crippen LogP contribution in [-0.2, 0) is 4.79 Å². The molecular formula is C30H25ClFN7O. The van der Waals surface area contributed by atoms with Crippen LogP contribution >= 0.6 is 11.6 Å². The van der Waals surface area contributed by atoms with Gasteiger partial charge in [0.25, 0.3) is 0 Å². The molecule has 1 aliphatic heterocycles. The Kier molecular flexibility index (Phi) is 7.20. The Labute approximate surface area is 235 Å². The zero-order chi connectivity index (χ0) is 27.5. The van der Waals surface area contributed by atoms with E-state index in [2.05, 4.69) is 32.6 Å². The summed E-state index contributed by atoms with van der Waals surface area (Å²) in [4.78, 5) is 23.7. The SMILES string of the molecule is O=C(C=Cc1cc(Cl)ccc1-n1cnnn1)N1CCCC(c2ccccc2)C1c1ncc(-c2cccc(F)c2)[nH]1. The van der Waals surface area contributed by atoms with Crippen LogP contribution in [0.25, 0.3) is 23.0 Å². The van der Waals surface area contributed by atoms with Crippen molar-refractivity contribution in [2.75, 3.05) is 6.54 Å². The third-order valence-corrected chi connectivity index (χ3v) is 7.38. The second-order valence-electron chi connectivity index (χ2n) is 9.62. The summed E-state index contributed by atoms with van der Waals surface area (Å²) in [6, 6.07) is 21.5. The van der Waals surface area contributed by atoms with Gasteiger partial charge in [-0.3, -0.25) is 4.79 Å². The highest BCUT2D eigenvalue weighted by atomic mass is 35.5. The van der Waals surface area contributed by atoms with Gasteiger partial charge in [0.2, 0.25) is 5.91 Å². The molecule has 3 heterocycles. The molecule has 1 N–H and O–H groups in total. The third kappa shape index (κ3) is 5.28. The number of piperidine rings is 1. The van der Waals surface area contributed by atoms with E-state index in [0.29, 0.717) is 39.9 Å². The summed E-state index contributed by atoms with van der Waals surface area (Å²) in [6.45, 7) is 0.572. The minimum absolute atomic E-state index is 0.0294. The summed E-state index contributed by atoms with van der Waals surface area (Å²) >= 11 is 6.27. The first-order valence-electron chi connectivity index (χ1n) is 12.9. The van der Waals surface area contributed by atoms with E-state index in [1.54, 1.807) is 42.6 Å². The highest BCUT2D eigenvalue weighted by molar-refractivity contribution is 6.30. The van der Waals surface area contributed by atoms with Crippen LogP contribution in [0.3, 0.4) is 0 Å². The van der Waals surface area contributed by atoms with Gasteiger partial charge in [-0.2, -0.15) is 4.68 Å². The van der Waals surface area contributed by atoms with Crippen molar-refractivity contribution in [3.05, 3.63) is 119 Å². The number of aromatic amines is 1. The lowest BCUT2D eigenvalue weighted by Gasteiger charge is -2.40. The minimum Gasteiger partial charge on any atom is -0.340 e. The highest BCUT2D eigenvalue weighted by Crippen LogP contribution is 2.42. The highest BCUT2D eigenvalue weighted by Gasteiger charge is 2.37. The topological polar surface area (TPSA) is 92.6 Å². The summed E-state index contributed by atoms with van der Waals surface area (Å²) in [5.74, 6) is 0.211. The van der Waals surface area contributed by atoms with Gasteiger partial charge in [0, 0.05) is 34.7 Å². The predicted octanol–water partition coefficient (Wildman–Crippen LogP) is 6.01. The molecule has 0 saturated carbocycles. The number of amides is 1. The van der Waals surface area contributed by atoms with Crippen molar-refractivity contribution in [2.24, 2.45) is 0 Å². The third-order valence-electron chi connectivity index (χ3n) is 7.14. The summed E-state index contributed by atoms with van der Waals surface area (Å²) in [6.07, 6.45) is 8.21. The molecular weight excluding hydrogens is 529 g/mol. The Bertz CT molecular complexity index is 1650. The molecule has 6 rings (SSSR count). The van der Waals surface area contributed by atoms with Crippen LogP contribution in [0.4, 0.5) is 4.39 Å². The number of nitrogens with zero attached hydrogens (tertiary/aromatic N) is 6. The van der Waals surface area contributed by atoms with Gasteiger partial charge in [0.15, 0.2) is 0 Å². The van der Waals surface area contributed by atoms with Crippen LogP contribution in [0.2, 0.25) is 5.02 Å². The van der Waals surface area contributed by atoms with E-state index >= 15 is 0 Å². The standard InChI is InChI=1S/C30H25ClFN7O/c31-23-12-13-27(39-19-34-36-37-39)22(16-23)11-14-28(40)38-15-5-10-25(20-6-2-1-3-7-20)29(38)30-33-18-26(35-30)21-8-4-9-24(32)17-21/h1-4,6-9,11-14,16-19,25,29H,5,10,15H2,(H,33,35). The fourth-order valence-electron chi connectivity index (χ4n) is 5.32. The number of benzene rings is 3. The van der Waals surface area contributed by atoms with Crippen molar-refractivity contribution in [1.29, 1.82) is 0 Å². The van der Waals surface area contributed by atoms with Gasteiger partial charge in [-0.25, -0.2) is 9.37 Å². The Morgan fingerprint density at radius 2 is 1.95 bits per heavy atom. The molecule has 3 aromatic carbocycles. The normalized spacial score (nSPS) is 17.4. The molecule has 1 saturated heterocycles. The smallest absolute Gasteiger partial charge is 0.247 e. The van der Waals surface area contributed by atoms with Gasteiger partial charge in [-0.15, -0.1) is 5.10 Å². The van der Waals surface area contributed by atoms with E-state index in [-0.39, 0.29) is 23.7 Å². The lowest BCUT2D eigenvalue weighted by molar-refractivity contribution is -0.130. The van der Waals surface area contributed by atoms with Crippen molar-refractivity contribution >= 4 is 23.6 Å². The molecule has 2 unspecified atom stereocenters. The Hall–Kier alpha value is -4.63. The molecule has 0 bridgehead atoms. The number of hydrogen-bond donors (Lipinski definition) is 1. The number of carbonyl (C=O) groups excluding carboxylic acids is 1. The molecule has 40 heavy (non-hydrogen) atoms. The van der Waals surface area contributed by atoms with Gasteiger partial charge in [-0.05, 0) is 65.2 Å². The van der Waals surface area contributed by atoms with Gasteiger partial charge in [0.1, 0.15) is 18.0 Å². The first kappa shape index (κ1) is 25.6. The van der Waals surface area contributed by atoms with Gasteiger partial charge in [0.05, 0.1) is 23.6 Å². The summed E-state index contributed by atoms with van der Waals surface area (Å²) in [5.41, 5.74) is 3.92. The Morgan fingerprint density at radius 3 is 2.75 bits per heavy atom. The molecule has 0 spiro atoms. The molecule has 1 amide bonds. The zero-order valence-electron chi connectivity index (χ0n) is 21.4. The van der Waals surface area contributed by atoms with E-state index in [9.17, 15) is 9.18 Å². The first-order chi connectivity index (χ1) is 19.6. The minimum atomic E-state index is -0.339. The molecule has 200 valence electrons. The van der Waals surface area contributed by atoms with Crippen LogP contribution in [0.15, 0.2) is 91.4 Å². The number of tetrazole rings is 1. The average Bonchev–Trinajstić information content (AvgIpc) is 3.69. The largest absolute Gasteiger partial charge is 0.340 e. The number of H-pyrrole nitrogens is 1. The van der Waals surface area contributed by atoms with E-state index in [4.69, 9.17) is 16.6 Å². The van der Waals surface area contributed by atoms with Crippen molar-refractivity contribution in [3.63, 3.8) is 0 Å². The lowest BCUT2D eigenvalue weighted by atomic mass is 9.83. The van der Waals surface area contributed by atoms with E-state index in [1.165, 1.54) is 23.1 Å². The van der Waals surface area contributed by atoms with Gasteiger partial charge >= 0.3 is 0 Å². The zero-order valence-corrected chi connectivity index (χ0v) is 22.1. The Balaban J connectivity index is 1.36. The van der Waals surface area contributed by atoms with Crippen LogP contribution < -0.4 is 0 Å². The van der Waals surface area contributed by atoms with E-state index in [1.807, 2.05) is 29.2 Å². The van der Waals surface area contributed by atoms with Crippen molar-refractivity contribution in [1.82, 2.24) is 35.1 Å². The van der Waals surface area contributed by atoms with E-state index in [0.717, 1.165) is 18.4 Å². The summed E-state index contributed by atoms with van der Waals surface area (Å²) in [5, 5.41) is 11.9. The van der Waals surface area contributed by atoms with Crippen molar-refractivity contribution in [2.45, 2.75) is 24.8 Å². The summed E-state index contributed by atoms with van der Waals surface area (Å²) < 4.78 is 15.4. The average molecular weight is 554 g/mol. The maximum absolute atomic E-state index is 13.9. The maximum atomic E-state index is 13.9. The number of likely N-dealkylation sites (tertiary alicyclic amines) is 1. The van der Waals surface area contributed by atoms with Crippen LogP contribution in [0, 0.1) is 5.82 Å². The molecule has 10 heteroatoms. The number of carbonyl (C=O) groups is 1. The van der Waals surface area contributed by atoms with Crippen LogP contribution in [0.1, 0.15) is 41.8 Å². The number of aromatic nitrogens is 6. The lowest BCUT2D eigenvalue weighted by Crippen LogP contribution is -2.41. The second-order valence-corrected chi connectivity index (χ2v) is 10.1. The van der Waals surface area contributed by atoms with Crippen molar-refractivity contribution < 1.29 is 9.18 Å². The molecule has 0 aliphatic carbocycles. The van der Waals surface area contributed by atoms with Gasteiger partial charge < -0.3 is 9.88 Å². The van der Waals surface area contributed by atoms with Crippen LogP contribution in [-0.4, -0.2) is 47.5 Å². The number of nitrogens with one attached hydrogen (secondary N) is 1. The van der Waals surface area contributed by atoms with E-state index < -0.39 is 0 Å². The number of rotatable bonds is 6. The number of imidazole rings is 1. The van der Waals surface area contributed by atoms with Crippen LogP contribution in [0.5, 0.6) is 0 Å². The molecule has 1 aliphatic rings. The second kappa shape index (κ2) is 11.2. The first-order valence-corrected chi connectivity index (χ1v) is 13.3. The van der Waals surface area contributed by atoms with Crippen molar-refractivity contribution in [3.8, 4) is 16.9 Å². The molecule has 0 radical (unpaired) electrons. The molecule has 2 atom stereocenters. The Morgan fingerprint density at radius 1 is 1.07 bits per heavy atom. The quantitative estimate of drug-likeness (QED) is 0.260. The number of hydrogen-bond acceptors (Lipinski definition) is 5. The molecule has 1 fully saturated rings. The summed E-state index contributed by atoms with van der Waals surface area (Å²) in [7, 11) is 0. The fraction of sp³-hybridized carbons (Fsp3) is 0.167. The monoisotopic (exact) mass is 553 g/mol. The molecule has 8 nitrogen and oxygen atoms in total. The fourth-order valence-corrected chi connectivity index (χ4v) is 5.50. The number of halogens is 2. The van der Waals surface area contributed by atoms with Gasteiger partial charge in [-0.1, -0.05) is 54.1 Å².